The van der Waals surface area contributed by atoms with Gasteiger partial charge in [0.1, 0.15) is 5.60 Å². The zero-order chi connectivity index (χ0) is 17.8. The summed E-state index contributed by atoms with van der Waals surface area (Å²) in [5, 5.41) is 16.1. The quantitative estimate of drug-likeness (QED) is 0.700. The third kappa shape index (κ3) is 5.28. The first kappa shape index (κ1) is 19.4. The number of ether oxygens (including phenoxy) is 1. The molecule has 2 rings (SSSR count). The summed E-state index contributed by atoms with van der Waals surface area (Å²) in [5.74, 6) is 1.52. The molecule has 0 aromatic carbocycles. The molecule has 1 aliphatic heterocycles. The molecule has 0 aromatic rings. The van der Waals surface area contributed by atoms with Crippen molar-refractivity contribution in [1.29, 1.82) is 0 Å². The van der Waals surface area contributed by atoms with E-state index in [-0.39, 0.29) is 19.0 Å². The van der Waals surface area contributed by atoms with E-state index in [2.05, 4.69) is 10.6 Å². The molecule has 1 aliphatic carbocycles. The Balaban J connectivity index is 1.89. The van der Waals surface area contributed by atoms with Crippen LogP contribution in [0.25, 0.3) is 0 Å². The van der Waals surface area contributed by atoms with Gasteiger partial charge < -0.3 is 20.5 Å². The van der Waals surface area contributed by atoms with Gasteiger partial charge in [0.15, 0.2) is 0 Å². The molecule has 138 valence electrons. The molecule has 1 unspecified atom stereocenters. The molecule has 0 radical (unpaired) electrons. The number of rotatable bonds is 5. The van der Waals surface area contributed by atoms with E-state index in [1.165, 1.54) is 0 Å². The van der Waals surface area contributed by atoms with Gasteiger partial charge in [-0.1, -0.05) is 12.8 Å². The highest BCUT2D eigenvalue weighted by atomic mass is 32.2. The van der Waals surface area contributed by atoms with E-state index in [4.69, 9.17) is 4.74 Å². The van der Waals surface area contributed by atoms with E-state index in [0.717, 1.165) is 31.4 Å². The first-order chi connectivity index (χ1) is 11.1. The highest BCUT2D eigenvalue weighted by Crippen LogP contribution is 2.38. The maximum atomic E-state index is 12.7. The number of hydrogen-bond acceptors (Lipinski definition) is 5. The van der Waals surface area contributed by atoms with Crippen LogP contribution >= 0.6 is 11.8 Å². The van der Waals surface area contributed by atoms with Crippen molar-refractivity contribution in [2.45, 2.75) is 64.1 Å². The summed E-state index contributed by atoms with van der Waals surface area (Å²) in [5.41, 5.74) is -1.93. The fourth-order valence-corrected chi connectivity index (χ4v) is 4.55. The number of hydrogen-bond donors (Lipinski definition) is 3. The lowest BCUT2D eigenvalue weighted by Gasteiger charge is -2.30. The van der Waals surface area contributed by atoms with Gasteiger partial charge in [-0.2, -0.15) is 11.8 Å². The van der Waals surface area contributed by atoms with Crippen LogP contribution in [0.15, 0.2) is 0 Å². The predicted octanol–water partition coefficient (Wildman–Crippen LogP) is 2.06. The molecule has 1 atom stereocenters. The number of carbonyl (C=O) groups excluding carboxylic acids is 2. The predicted molar refractivity (Wildman–Crippen MR) is 95.0 cm³/mol. The minimum absolute atomic E-state index is 0.0682. The number of thioether (sulfide) groups is 1. The van der Waals surface area contributed by atoms with Gasteiger partial charge in [-0.3, -0.25) is 4.79 Å². The van der Waals surface area contributed by atoms with Crippen LogP contribution in [0.3, 0.4) is 0 Å². The molecule has 7 heteroatoms. The van der Waals surface area contributed by atoms with Gasteiger partial charge in [-0.15, -0.1) is 0 Å². The second kappa shape index (κ2) is 7.52. The monoisotopic (exact) mass is 358 g/mol. The molecule has 2 aliphatic rings. The highest BCUT2D eigenvalue weighted by molar-refractivity contribution is 7.99. The van der Waals surface area contributed by atoms with Gasteiger partial charge >= 0.3 is 6.09 Å². The molecule has 1 heterocycles. The zero-order valence-electron chi connectivity index (χ0n) is 14.9. The molecular weight excluding hydrogens is 328 g/mol. The number of amides is 2. The lowest BCUT2D eigenvalue weighted by molar-refractivity contribution is -0.131. The lowest BCUT2D eigenvalue weighted by Crippen LogP contribution is -2.51. The molecule has 1 saturated heterocycles. The second-order valence-electron chi connectivity index (χ2n) is 8.05. The van der Waals surface area contributed by atoms with Gasteiger partial charge in [0, 0.05) is 18.8 Å². The summed E-state index contributed by atoms with van der Waals surface area (Å²) in [4.78, 5) is 24.6. The van der Waals surface area contributed by atoms with Crippen LogP contribution in [0.2, 0.25) is 0 Å². The zero-order valence-corrected chi connectivity index (χ0v) is 15.8. The van der Waals surface area contributed by atoms with Crippen LogP contribution in [-0.4, -0.2) is 52.9 Å². The van der Waals surface area contributed by atoms with Crippen molar-refractivity contribution in [2.75, 3.05) is 24.6 Å². The molecule has 0 spiro atoms. The van der Waals surface area contributed by atoms with Gasteiger partial charge in [0.2, 0.25) is 5.91 Å². The Morgan fingerprint density at radius 3 is 2.33 bits per heavy atom. The summed E-state index contributed by atoms with van der Waals surface area (Å²) < 4.78 is 5.26. The fraction of sp³-hybridized carbons (Fsp3) is 0.882. The van der Waals surface area contributed by atoms with E-state index >= 15 is 0 Å². The topological polar surface area (TPSA) is 87.7 Å². The van der Waals surface area contributed by atoms with Crippen molar-refractivity contribution in [3.05, 3.63) is 0 Å². The SMILES string of the molecule is CC(C)(C)OC(=O)NCC1(C(=O)NCC2(O)CCSC2)CCCC1. The van der Waals surface area contributed by atoms with Crippen LogP contribution in [0.5, 0.6) is 0 Å². The van der Waals surface area contributed by atoms with Crippen molar-refractivity contribution < 1.29 is 19.4 Å². The van der Waals surface area contributed by atoms with Gasteiger partial charge in [-0.05, 0) is 45.8 Å². The molecule has 2 fully saturated rings. The Kier molecular flexibility index (Phi) is 6.07. The van der Waals surface area contributed by atoms with Crippen LogP contribution in [-0.2, 0) is 9.53 Å². The van der Waals surface area contributed by atoms with Crippen molar-refractivity contribution in [1.82, 2.24) is 10.6 Å². The van der Waals surface area contributed by atoms with E-state index < -0.39 is 22.7 Å². The molecule has 2 amide bonds. The average molecular weight is 359 g/mol. The standard InChI is InChI=1S/C17H30N2O4S/c1-15(2,3)23-14(21)19-10-16(6-4-5-7-16)13(20)18-11-17(22)8-9-24-12-17/h22H,4-12H2,1-3H3,(H,18,20)(H,19,21). The third-order valence-corrected chi connectivity index (χ3v) is 5.91. The lowest BCUT2D eigenvalue weighted by atomic mass is 9.84. The Morgan fingerprint density at radius 2 is 1.79 bits per heavy atom. The summed E-state index contributed by atoms with van der Waals surface area (Å²) in [6.45, 7) is 5.99. The number of alkyl carbamates (subject to hydrolysis) is 1. The number of carbonyl (C=O) groups is 2. The van der Waals surface area contributed by atoms with E-state index in [0.29, 0.717) is 12.2 Å². The van der Waals surface area contributed by atoms with E-state index in [1.807, 2.05) is 20.8 Å². The van der Waals surface area contributed by atoms with Crippen molar-refractivity contribution in [3.63, 3.8) is 0 Å². The van der Waals surface area contributed by atoms with E-state index in [9.17, 15) is 14.7 Å². The minimum Gasteiger partial charge on any atom is -0.444 e. The molecule has 1 saturated carbocycles. The average Bonchev–Trinajstić information content (AvgIpc) is 3.11. The smallest absolute Gasteiger partial charge is 0.407 e. The second-order valence-corrected chi connectivity index (χ2v) is 9.16. The van der Waals surface area contributed by atoms with Gasteiger partial charge in [0.25, 0.3) is 0 Å². The molecule has 0 aromatic heterocycles. The normalized spacial score (nSPS) is 26.2. The van der Waals surface area contributed by atoms with Crippen molar-refractivity contribution in [2.24, 2.45) is 5.41 Å². The summed E-state index contributed by atoms with van der Waals surface area (Å²) >= 11 is 1.71. The van der Waals surface area contributed by atoms with Crippen molar-refractivity contribution >= 4 is 23.8 Å². The number of nitrogens with one attached hydrogen (secondary N) is 2. The van der Waals surface area contributed by atoms with Gasteiger partial charge in [-0.25, -0.2) is 4.79 Å². The van der Waals surface area contributed by atoms with Crippen LogP contribution in [0.4, 0.5) is 4.79 Å². The molecular formula is C17H30N2O4S. The van der Waals surface area contributed by atoms with Crippen LogP contribution in [0.1, 0.15) is 52.9 Å². The minimum atomic E-state index is -0.793. The molecule has 24 heavy (non-hydrogen) atoms. The maximum absolute atomic E-state index is 12.7. The largest absolute Gasteiger partial charge is 0.444 e. The first-order valence-electron chi connectivity index (χ1n) is 8.70. The summed E-state index contributed by atoms with van der Waals surface area (Å²) in [6.07, 6.45) is 3.67. The number of aliphatic hydroxyl groups is 1. The molecule has 0 bridgehead atoms. The highest BCUT2D eigenvalue weighted by Gasteiger charge is 2.43. The Hall–Kier alpha value is -0.950. The summed E-state index contributed by atoms with van der Waals surface area (Å²) in [7, 11) is 0. The Labute approximate surface area is 148 Å². The van der Waals surface area contributed by atoms with E-state index in [1.54, 1.807) is 11.8 Å². The van der Waals surface area contributed by atoms with Crippen LogP contribution in [0, 0.1) is 5.41 Å². The molecule has 3 N–H and O–H groups in total. The molecule has 6 nitrogen and oxygen atoms in total. The maximum Gasteiger partial charge on any atom is 0.407 e. The Morgan fingerprint density at radius 1 is 1.12 bits per heavy atom. The Bertz CT molecular complexity index is 464. The fourth-order valence-electron chi connectivity index (χ4n) is 3.26. The first-order valence-corrected chi connectivity index (χ1v) is 9.85. The van der Waals surface area contributed by atoms with Crippen molar-refractivity contribution in [3.8, 4) is 0 Å². The summed E-state index contributed by atoms with van der Waals surface area (Å²) in [6, 6.07) is 0. The van der Waals surface area contributed by atoms with Crippen LogP contribution < -0.4 is 10.6 Å². The van der Waals surface area contributed by atoms with Gasteiger partial charge in [0.05, 0.1) is 11.0 Å². The third-order valence-electron chi connectivity index (χ3n) is 4.67.